The number of aromatic nitrogens is 1. The van der Waals surface area contributed by atoms with E-state index in [2.05, 4.69) is 16.8 Å². The lowest BCUT2D eigenvalue weighted by Gasteiger charge is -2.39. The van der Waals surface area contributed by atoms with Crippen molar-refractivity contribution in [2.75, 3.05) is 33.2 Å². The zero-order chi connectivity index (χ0) is 16.6. The molecule has 126 valence electrons. The third-order valence-electron chi connectivity index (χ3n) is 5.05. The molecule has 0 saturated carbocycles. The highest BCUT2D eigenvalue weighted by molar-refractivity contribution is 7.09. The maximum atomic E-state index is 12.7. The number of carboxylic acid groups (broad SMARTS) is 1. The molecule has 7 heteroatoms. The molecule has 23 heavy (non-hydrogen) atoms. The Bertz CT molecular complexity index is 617. The Balaban J connectivity index is 1.79. The van der Waals surface area contributed by atoms with Crippen molar-refractivity contribution < 1.29 is 14.7 Å². The van der Waals surface area contributed by atoms with E-state index in [-0.39, 0.29) is 18.4 Å². The SMILES string of the molecule is CCCc1nc(C(=O)N2C[C@H]3CCN(C)C[C@@]3(C(=O)O)C2)cs1. The van der Waals surface area contributed by atoms with E-state index < -0.39 is 11.4 Å². The summed E-state index contributed by atoms with van der Waals surface area (Å²) >= 11 is 1.51. The van der Waals surface area contributed by atoms with Gasteiger partial charge in [0.1, 0.15) is 11.1 Å². The molecular formula is C16H23N3O3S. The van der Waals surface area contributed by atoms with Gasteiger partial charge in [-0.1, -0.05) is 6.92 Å². The van der Waals surface area contributed by atoms with Crippen molar-refractivity contribution in [3.8, 4) is 0 Å². The van der Waals surface area contributed by atoms with Crippen LogP contribution in [0.2, 0.25) is 0 Å². The van der Waals surface area contributed by atoms with Gasteiger partial charge in [-0.15, -0.1) is 11.3 Å². The van der Waals surface area contributed by atoms with Crippen molar-refractivity contribution in [2.45, 2.75) is 26.2 Å². The lowest BCUT2D eigenvalue weighted by molar-refractivity contribution is -0.153. The van der Waals surface area contributed by atoms with E-state index in [1.165, 1.54) is 11.3 Å². The second-order valence-electron chi connectivity index (χ2n) is 6.75. The van der Waals surface area contributed by atoms with Gasteiger partial charge in [0.25, 0.3) is 5.91 Å². The third kappa shape index (κ3) is 2.87. The zero-order valence-electron chi connectivity index (χ0n) is 13.6. The number of aryl methyl sites for hydroxylation is 1. The number of fused-ring (bicyclic) bond motifs is 1. The Hall–Kier alpha value is -1.47. The minimum atomic E-state index is -0.828. The van der Waals surface area contributed by atoms with Crippen LogP contribution in [-0.2, 0) is 11.2 Å². The van der Waals surface area contributed by atoms with Crippen LogP contribution in [0.5, 0.6) is 0 Å². The summed E-state index contributed by atoms with van der Waals surface area (Å²) in [6, 6.07) is 0. The van der Waals surface area contributed by atoms with Gasteiger partial charge < -0.3 is 14.9 Å². The first kappa shape index (κ1) is 16.4. The molecule has 0 unspecified atom stereocenters. The molecule has 0 spiro atoms. The van der Waals surface area contributed by atoms with E-state index in [0.717, 1.165) is 30.8 Å². The Morgan fingerprint density at radius 2 is 2.26 bits per heavy atom. The van der Waals surface area contributed by atoms with E-state index in [9.17, 15) is 14.7 Å². The van der Waals surface area contributed by atoms with Gasteiger partial charge in [0, 0.05) is 25.0 Å². The molecule has 0 aliphatic carbocycles. The van der Waals surface area contributed by atoms with Gasteiger partial charge in [0.05, 0.1) is 5.01 Å². The molecule has 3 heterocycles. The fourth-order valence-corrected chi connectivity index (χ4v) is 4.70. The molecule has 1 aromatic heterocycles. The molecule has 2 atom stereocenters. The van der Waals surface area contributed by atoms with E-state index in [0.29, 0.717) is 18.8 Å². The number of hydrogen-bond acceptors (Lipinski definition) is 5. The quantitative estimate of drug-likeness (QED) is 0.903. The van der Waals surface area contributed by atoms with Gasteiger partial charge in [-0.2, -0.15) is 0 Å². The number of rotatable bonds is 4. The minimum Gasteiger partial charge on any atom is -0.481 e. The van der Waals surface area contributed by atoms with Crippen LogP contribution in [0.1, 0.15) is 35.3 Å². The highest BCUT2D eigenvalue weighted by Crippen LogP contribution is 2.42. The first-order valence-corrected chi connectivity index (χ1v) is 9.00. The summed E-state index contributed by atoms with van der Waals surface area (Å²) in [6.07, 6.45) is 2.70. The van der Waals surface area contributed by atoms with Crippen LogP contribution in [0, 0.1) is 11.3 Å². The molecule has 0 aromatic carbocycles. The summed E-state index contributed by atoms with van der Waals surface area (Å²) in [6.45, 7) is 4.30. The number of carboxylic acids is 1. The summed E-state index contributed by atoms with van der Waals surface area (Å²) in [7, 11) is 1.95. The Labute approximate surface area is 140 Å². The maximum absolute atomic E-state index is 12.7. The van der Waals surface area contributed by atoms with E-state index >= 15 is 0 Å². The van der Waals surface area contributed by atoms with Crippen molar-refractivity contribution in [1.29, 1.82) is 0 Å². The average molecular weight is 337 g/mol. The van der Waals surface area contributed by atoms with Crippen LogP contribution in [-0.4, -0.2) is 65.0 Å². The van der Waals surface area contributed by atoms with Crippen molar-refractivity contribution >= 4 is 23.2 Å². The second-order valence-corrected chi connectivity index (χ2v) is 7.69. The van der Waals surface area contributed by atoms with E-state index in [1.54, 1.807) is 10.3 Å². The lowest BCUT2D eigenvalue weighted by atomic mass is 9.73. The number of hydrogen-bond donors (Lipinski definition) is 1. The zero-order valence-corrected chi connectivity index (χ0v) is 14.4. The van der Waals surface area contributed by atoms with Crippen LogP contribution in [0.4, 0.5) is 0 Å². The number of thiazole rings is 1. The number of likely N-dealkylation sites (tertiary alicyclic amines) is 2. The normalized spacial score (nSPS) is 27.9. The monoisotopic (exact) mass is 337 g/mol. The molecule has 0 bridgehead atoms. The van der Waals surface area contributed by atoms with Crippen molar-refractivity contribution in [3.63, 3.8) is 0 Å². The van der Waals surface area contributed by atoms with Gasteiger partial charge in [-0.3, -0.25) is 9.59 Å². The number of aliphatic carboxylic acids is 1. The molecule has 2 saturated heterocycles. The molecule has 0 radical (unpaired) electrons. The van der Waals surface area contributed by atoms with Gasteiger partial charge in [0.2, 0.25) is 0 Å². The summed E-state index contributed by atoms with van der Waals surface area (Å²) in [5, 5.41) is 12.6. The first-order chi connectivity index (χ1) is 11.0. The minimum absolute atomic E-state index is 0.0360. The van der Waals surface area contributed by atoms with Crippen LogP contribution < -0.4 is 0 Å². The molecule has 6 nitrogen and oxygen atoms in total. The van der Waals surface area contributed by atoms with Crippen LogP contribution in [0.25, 0.3) is 0 Å². The van der Waals surface area contributed by atoms with Crippen molar-refractivity contribution in [2.24, 2.45) is 11.3 Å². The number of carbonyl (C=O) groups excluding carboxylic acids is 1. The second kappa shape index (κ2) is 6.20. The maximum Gasteiger partial charge on any atom is 0.313 e. The Morgan fingerprint density at radius 3 is 2.96 bits per heavy atom. The number of amides is 1. The number of nitrogens with zero attached hydrogens (tertiary/aromatic N) is 3. The molecule has 1 aromatic rings. The number of piperidine rings is 1. The predicted octanol–water partition coefficient (Wildman–Crippen LogP) is 1.57. The summed E-state index contributed by atoms with van der Waals surface area (Å²) in [5.74, 6) is -0.871. The third-order valence-corrected chi connectivity index (χ3v) is 5.96. The number of carbonyl (C=O) groups is 2. The summed E-state index contributed by atoms with van der Waals surface area (Å²) in [5.41, 5.74) is -0.365. The van der Waals surface area contributed by atoms with Gasteiger partial charge in [-0.25, -0.2) is 4.98 Å². The summed E-state index contributed by atoms with van der Waals surface area (Å²) in [4.78, 5) is 32.8. The molecule has 2 aliphatic rings. The predicted molar refractivity (Wildman–Crippen MR) is 87.7 cm³/mol. The fraction of sp³-hybridized carbons (Fsp3) is 0.688. The highest BCUT2D eigenvalue weighted by atomic mass is 32.1. The molecule has 2 aliphatic heterocycles. The average Bonchev–Trinajstić information content (AvgIpc) is 3.11. The van der Waals surface area contributed by atoms with Crippen LogP contribution >= 0.6 is 11.3 Å². The van der Waals surface area contributed by atoms with Crippen molar-refractivity contribution in [1.82, 2.24) is 14.8 Å². The van der Waals surface area contributed by atoms with Gasteiger partial charge in [0.15, 0.2) is 0 Å². The van der Waals surface area contributed by atoms with Crippen LogP contribution in [0.15, 0.2) is 5.38 Å². The molecule has 1 N–H and O–H groups in total. The van der Waals surface area contributed by atoms with E-state index in [1.807, 2.05) is 7.05 Å². The molecule has 2 fully saturated rings. The molecule has 3 rings (SSSR count). The highest BCUT2D eigenvalue weighted by Gasteiger charge is 2.55. The van der Waals surface area contributed by atoms with Crippen LogP contribution in [0.3, 0.4) is 0 Å². The largest absolute Gasteiger partial charge is 0.481 e. The first-order valence-electron chi connectivity index (χ1n) is 8.12. The standard InChI is InChI=1S/C16H23N3O3S/c1-3-4-13-17-12(8-23-13)14(20)19-7-11-5-6-18(2)9-16(11,10-19)15(21)22/h8,11H,3-7,9-10H2,1-2H3,(H,21,22)/t11-,16-/m1/s1. The van der Waals surface area contributed by atoms with E-state index in [4.69, 9.17) is 0 Å². The van der Waals surface area contributed by atoms with Gasteiger partial charge >= 0.3 is 5.97 Å². The molecule has 1 amide bonds. The Kier molecular flexibility index (Phi) is 4.42. The smallest absolute Gasteiger partial charge is 0.313 e. The topological polar surface area (TPSA) is 73.7 Å². The van der Waals surface area contributed by atoms with Crippen molar-refractivity contribution in [3.05, 3.63) is 16.1 Å². The molecular weight excluding hydrogens is 314 g/mol. The fourth-order valence-electron chi connectivity index (χ4n) is 3.82. The Morgan fingerprint density at radius 1 is 1.48 bits per heavy atom. The van der Waals surface area contributed by atoms with Gasteiger partial charge in [-0.05, 0) is 38.8 Å². The summed E-state index contributed by atoms with van der Waals surface area (Å²) < 4.78 is 0. The lowest BCUT2D eigenvalue weighted by Crippen LogP contribution is -2.52.